The number of ether oxygens (including phenoxy) is 1. The highest BCUT2D eigenvalue weighted by Crippen LogP contribution is 2.30. The maximum Gasteiger partial charge on any atom is 0.258 e. The molecule has 0 radical (unpaired) electrons. The summed E-state index contributed by atoms with van der Waals surface area (Å²) < 4.78 is 11.1. The van der Waals surface area contributed by atoms with Crippen molar-refractivity contribution >= 4 is 0 Å². The SMILES string of the molecule is CCCC(c1noc(C(C)(CC)OC)n1)N1CCNCC1. The Hall–Kier alpha value is -0.980. The zero-order valence-electron chi connectivity index (χ0n) is 13.7. The third-order valence-electron chi connectivity index (χ3n) is 4.47. The smallest absolute Gasteiger partial charge is 0.258 e. The van der Waals surface area contributed by atoms with Gasteiger partial charge in [-0.05, 0) is 19.8 Å². The van der Waals surface area contributed by atoms with Gasteiger partial charge in [0, 0.05) is 33.3 Å². The molecule has 120 valence electrons. The van der Waals surface area contributed by atoms with Gasteiger partial charge in [-0.1, -0.05) is 25.4 Å². The second-order valence-electron chi connectivity index (χ2n) is 5.84. The Balaban J connectivity index is 2.19. The van der Waals surface area contributed by atoms with Gasteiger partial charge in [0.25, 0.3) is 5.89 Å². The van der Waals surface area contributed by atoms with Crippen LogP contribution >= 0.6 is 0 Å². The van der Waals surface area contributed by atoms with Crippen molar-refractivity contribution in [3.63, 3.8) is 0 Å². The molecular formula is C15H28N4O2. The first-order valence-corrected chi connectivity index (χ1v) is 7.98. The van der Waals surface area contributed by atoms with E-state index in [1.165, 1.54) is 0 Å². The van der Waals surface area contributed by atoms with Crippen LogP contribution in [-0.4, -0.2) is 48.3 Å². The molecule has 1 aromatic rings. The van der Waals surface area contributed by atoms with E-state index in [0.29, 0.717) is 5.89 Å². The lowest BCUT2D eigenvalue weighted by atomic mass is 10.0. The quantitative estimate of drug-likeness (QED) is 0.831. The highest BCUT2D eigenvalue weighted by atomic mass is 16.5. The van der Waals surface area contributed by atoms with Gasteiger partial charge in [-0.15, -0.1) is 0 Å². The molecule has 2 heterocycles. The van der Waals surface area contributed by atoms with Gasteiger partial charge in [0.15, 0.2) is 5.82 Å². The maximum atomic E-state index is 5.55. The lowest BCUT2D eigenvalue weighted by Crippen LogP contribution is -2.45. The third kappa shape index (κ3) is 3.62. The normalized spacial score (nSPS) is 21.1. The molecule has 1 fully saturated rings. The first-order chi connectivity index (χ1) is 10.1. The van der Waals surface area contributed by atoms with Gasteiger partial charge in [0.1, 0.15) is 5.60 Å². The Labute approximate surface area is 127 Å². The van der Waals surface area contributed by atoms with Crippen LogP contribution in [0.15, 0.2) is 4.52 Å². The van der Waals surface area contributed by atoms with Gasteiger partial charge in [0.2, 0.25) is 0 Å². The van der Waals surface area contributed by atoms with Crippen molar-refractivity contribution in [3.05, 3.63) is 11.7 Å². The predicted octanol–water partition coefficient (Wildman–Crippen LogP) is 2.09. The first kappa shape index (κ1) is 16.4. The van der Waals surface area contributed by atoms with Crippen molar-refractivity contribution in [1.82, 2.24) is 20.4 Å². The van der Waals surface area contributed by atoms with Crippen molar-refractivity contribution in [2.45, 2.75) is 51.7 Å². The van der Waals surface area contributed by atoms with E-state index in [1.54, 1.807) is 7.11 Å². The molecular weight excluding hydrogens is 268 g/mol. The summed E-state index contributed by atoms with van der Waals surface area (Å²) in [7, 11) is 1.69. The highest BCUT2D eigenvalue weighted by Gasteiger charge is 2.33. The molecule has 0 saturated carbocycles. The molecule has 1 saturated heterocycles. The van der Waals surface area contributed by atoms with Crippen molar-refractivity contribution in [1.29, 1.82) is 0 Å². The van der Waals surface area contributed by atoms with Crippen LogP contribution in [0.25, 0.3) is 0 Å². The number of methoxy groups -OCH3 is 1. The molecule has 1 aliphatic heterocycles. The van der Waals surface area contributed by atoms with Crippen LogP contribution in [0, 0.1) is 0 Å². The molecule has 1 N–H and O–H groups in total. The van der Waals surface area contributed by atoms with E-state index in [0.717, 1.165) is 51.3 Å². The van der Waals surface area contributed by atoms with Gasteiger partial charge in [-0.3, -0.25) is 4.90 Å². The van der Waals surface area contributed by atoms with E-state index in [2.05, 4.69) is 34.2 Å². The Morgan fingerprint density at radius 2 is 2.10 bits per heavy atom. The molecule has 1 aliphatic rings. The lowest BCUT2D eigenvalue weighted by Gasteiger charge is -2.33. The third-order valence-corrected chi connectivity index (χ3v) is 4.47. The average Bonchev–Trinajstić information content (AvgIpc) is 3.03. The van der Waals surface area contributed by atoms with Crippen LogP contribution < -0.4 is 5.32 Å². The standard InChI is InChI=1S/C15H28N4O2/c1-5-7-12(19-10-8-16-9-11-19)13-17-14(21-18-13)15(3,6-2)20-4/h12,16H,5-11H2,1-4H3. The molecule has 6 nitrogen and oxygen atoms in total. The molecule has 2 unspecified atom stereocenters. The predicted molar refractivity (Wildman–Crippen MR) is 81.0 cm³/mol. The van der Waals surface area contributed by atoms with Crippen LogP contribution in [0.1, 0.15) is 57.8 Å². The number of nitrogens with zero attached hydrogens (tertiary/aromatic N) is 3. The molecule has 21 heavy (non-hydrogen) atoms. The first-order valence-electron chi connectivity index (χ1n) is 7.98. The summed E-state index contributed by atoms with van der Waals surface area (Å²) >= 11 is 0. The molecule has 2 rings (SSSR count). The zero-order valence-corrected chi connectivity index (χ0v) is 13.7. The highest BCUT2D eigenvalue weighted by molar-refractivity contribution is 5.01. The van der Waals surface area contributed by atoms with E-state index in [4.69, 9.17) is 9.26 Å². The van der Waals surface area contributed by atoms with E-state index >= 15 is 0 Å². The van der Waals surface area contributed by atoms with Crippen molar-refractivity contribution in [2.24, 2.45) is 0 Å². The Morgan fingerprint density at radius 3 is 2.67 bits per heavy atom. The van der Waals surface area contributed by atoms with Crippen molar-refractivity contribution in [3.8, 4) is 0 Å². The molecule has 0 amide bonds. The molecule has 0 aromatic carbocycles. The fraction of sp³-hybridized carbons (Fsp3) is 0.867. The van der Waals surface area contributed by atoms with Crippen LogP contribution in [0.5, 0.6) is 0 Å². The van der Waals surface area contributed by atoms with Crippen LogP contribution in [-0.2, 0) is 10.3 Å². The lowest BCUT2D eigenvalue weighted by molar-refractivity contribution is -0.0272. The second-order valence-corrected chi connectivity index (χ2v) is 5.84. The van der Waals surface area contributed by atoms with Crippen LogP contribution in [0.4, 0.5) is 0 Å². The molecule has 0 bridgehead atoms. The van der Waals surface area contributed by atoms with E-state index in [1.807, 2.05) is 6.92 Å². The summed E-state index contributed by atoms with van der Waals surface area (Å²) in [6.07, 6.45) is 2.96. The molecule has 1 aromatic heterocycles. The summed E-state index contributed by atoms with van der Waals surface area (Å²) in [5.41, 5.74) is -0.495. The second kappa shape index (κ2) is 7.33. The van der Waals surface area contributed by atoms with E-state index < -0.39 is 5.60 Å². The fourth-order valence-electron chi connectivity index (χ4n) is 2.71. The van der Waals surface area contributed by atoms with Crippen LogP contribution in [0.2, 0.25) is 0 Å². The monoisotopic (exact) mass is 296 g/mol. The fourth-order valence-corrected chi connectivity index (χ4v) is 2.71. The van der Waals surface area contributed by atoms with Crippen molar-refractivity contribution < 1.29 is 9.26 Å². The molecule has 0 spiro atoms. The number of piperazine rings is 1. The van der Waals surface area contributed by atoms with E-state index in [-0.39, 0.29) is 6.04 Å². The minimum absolute atomic E-state index is 0.243. The molecule has 2 atom stereocenters. The number of rotatable bonds is 7. The van der Waals surface area contributed by atoms with Gasteiger partial charge < -0.3 is 14.6 Å². The maximum absolute atomic E-state index is 5.55. The summed E-state index contributed by atoms with van der Waals surface area (Å²) in [6.45, 7) is 10.4. The van der Waals surface area contributed by atoms with Gasteiger partial charge in [-0.2, -0.15) is 4.98 Å². The number of nitrogens with one attached hydrogen (secondary N) is 1. The Morgan fingerprint density at radius 1 is 1.38 bits per heavy atom. The van der Waals surface area contributed by atoms with Gasteiger partial charge >= 0.3 is 0 Å². The zero-order chi connectivity index (χ0) is 15.3. The average molecular weight is 296 g/mol. The Kier molecular flexibility index (Phi) is 5.72. The summed E-state index contributed by atoms with van der Waals surface area (Å²) in [5.74, 6) is 1.38. The largest absolute Gasteiger partial charge is 0.369 e. The van der Waals surface area contributed by atoms with Crippen molar-refractivity contribution in [2.75, 3.05) is 33.3 Å². The number of aromatic nitrogens is 2. The number of hydrogen-bond donors (Lipinski definition) is 1. The minimum Gasteiger partial charge on any atom is -0.369 e. The Bertz CT molecular complexity index is 425. The van der Waals surface area contributed by atoms with E-state index in [9.17, 15) is 0 Å². The van der Waals surface area contributed by atoms with Gasteiger partial charge in [-0.25, -0.2) is 0 Å². The summed E-state index contributed by atoms with van der Waals surface area (Å²) in [6, 6.07) is 0.243. The molecule has 6 heteroatoms. The van der Waals surface area contributed by atoms with Crippen LogP contribution in [0.3, 0.4) is 0 Å². The van der Waals surface area contributed by atoms with Gasteiger partial charge in [0.05, 0.1) is 6.04 Å². The number of hydrogen-bond acceptors (Lipinski definition) is 6. The summed E-state index contributed by atoms with van der Waals surface area (Å²) in [5, 5.41) is 7.63. The minimum atomic E-state index is -0.495. The molecule has 0 aliphatic carbocycles. The summed E-state index contributed by atoms with van der Waals surface area (Å²) in [4.78, 5) is 7.10. The topological polar surface area (TPSA) is 63.4 Å².